The van der Waals surface area contributed by atoms with E-state index in [0.29, 0.717) is 29.4 Å². The first-order valence-electron chi connectivity index (χ1n) is 7.25. The SMILES string of the molecule is O=C(CCc1ccc(Cl)c(Cl)c1)NCc1nnc2n1CCC2. The van der Waals surface area contributed by atoms with E-state index in [1.54, 1.807) is 12.1 Å². The number of nitrogens with one attached hydrogen (secondary N) is 1. The molecular formula is C15H16Cl2N4O. The molecule has 2 heterocycles. The summed E-state index contributed by atoms with van der Waals surface area (Å²) in [5.41, 5.74) is 0.993. The zero-order valence-electron chi connectivity index (χ0n) is 12.0. The summed E-state index contributed by atoms with van der Waals surface area (Å²) in [6.07, 6.45) is 3.10. The van der Waals surface area contributed by atoms with Crippen molar-refractivity contribution in [3.63, 3.8) is 0 Å². The van der Waals surface area contributed by atoms with Gasteiger partial charge in [-0.25, -0.2) is 0 Å². The van der Waals surface area contributed by atoms with E-state index in [1.807, 2.05) is 6.07 Å². The van der Waals surface area contributed by atoms with E-state index >= 15 is 0 Å². The smallest absolute Gasteiger partial charge is 0.220 e. The van der Waals surface area contributed by atoms with Crippen molar-refractivity contribution < 1.29 is 4.79 Å². The molecule has 2 aromatic rings. The minimum Gasteiger partial charge on any atom is -0.349 e. The van der Waals surface area contributed by atoms with Gasteiger partial charge in [0.2, 0.25) is 5.91 Å². The van der Waals surface area contributed by atoms with Crippen LogP contribution in [-0.2, 0) is 30.7 Å². The summed E-state index contributed by atoms with van der Waals surface area (Å²) in [4.78, 5) is 11.9. The molecule has 0 radical (unpaired) electrons. The summed E-state index contributed by atoms with van der Waals surface area (Å²) in [7, 11) is 0. The Balaban J connectivity index is 1.49. The van der Waals surface area contributed by atoms with Crippen molar-refractivity contribution in [3.05, 3.63) is 45.5 Å². The molecule has 5 nitrogen and oxygen atoms in total. The van der Waals surface area contributed by atoms with E-state index in [9.17, 15) is 4.79 Å². The standard InChI is InChI=1S/C15H16Cl2N4O/c16-11-5-3-10(8-12(11)17)4-6-15(22)18-9-14-20-19-13-2-1-7-21(13)14/h3,5,8H,1-2,4,6-7,9H2,(H,18,22). The highest BCUT2D eigenvalue weighted by Gasteiger charge is 2.17. The first-order chi connectivity index (χ1) is 10.6. The number of hydrogen-bond donors (Lipinski definition) is 1. The second-order valence-corrected chi connectivity index (χ2v) is 6.13. The molecular weight excluding hydrogens is 323 g/mol. The molecule has 116 valence electrons. The topological polar surface area (TPSA) is 59.8 Å². The van der Waals surface area contributed by atoms with Crippen LogP contribution in [0.5, 0.6) is 0 Å². The summed E-state index contributed by atoms with van der Waals surface area (Å²) < 4.78 is 2.08. The maximum absolute atomic E-state index is 11.9. The van der Waals surface area contributed by atoms with E-state index in [1.165, 1.54) is 0 Å². The molecule has 0 spiro atoms. The Bertz CT molecular complexity index is 699. The number of halogens is 2. The fourth-order valence-electron chi connectivity index (χ4n) is 2.56. The van der Waals surface area contributed by atoms with E-state index in [0.717, 1.165) is 36.6 Å². The third kappa shape index (κ3) is 3.42. The highest BCUT2D eigenvalue weighted by molar-refractivity contribution is 6.42. The largest absolute Gasteiger partial charge is 0.349 e. The van der Waals surface area contributed by atoms with Crippen molar-refractivity contribution in [2.75, 3.05) is 0 Å². The van der Waals surface area contributed by atoms with Crippen molar-refractivity contribution in [2.24, 2.45) is 0 Å². The molecule has 0 saturated carbocycles. The number of carbonyl (C=O) groups is 1. The van der Waals surface area contributed by atoms with Gasteiger partial charge in [-0.15, -0.1) is 10.2 Å². The van der Waals surface area contributed by atoms with Crippen molar-refractivity contribution in [1.82, 2.24) is 20.1 Å². The average molecular weight is 339 g/mol. The Kier molecular flexibility index (Phi) is 4.64. The zero-order chi connectivity index (χ0) is 15.5. The van der Waals surface area contributed by atoms with E-state index in [2.05, 4.69) is 20.1 Å². The van der Waals surface area contributed by atoms with Gasteiger partial charge in [-0.2, -0.15) is 0 Å². The van der Waals surface area contributed by atoms with E-state index < -0.39 is 0 Å². The predicted octanol–water partition coefficient (Wildman–Crippen LogP) is 2.78. The second kappa shape index (κ2) is 6.67. The number of carbonyl (C=O) groups excluding carboxylic acids is 1. The van der Waals surface area contributed by atoms with Crippen LogP contribution in [-0.4, -0.2) is 20.7 Å². The van der Waals surface area contributed by atoms with Gasteiger partial charge in [0.05, 0.1) is 16.6 Å². The quantitative estimate of drug-likeness (QED) is 0.911. The fraction of sp³-hybridized carbons (Fsp3) is 0.400. The predicted molar refractivity (Wildman–Crippen MR) is 85.0 cm³/mol. The first kappa shape index (κ1) is 15.3. The number of aryl methyl sites for hydroxylation is 2. The molecule has 1 aromatic heterocycles. The van der Waals surface area contributed by atoms with Gasteiger partial charge < -0.3 is 9.88 Å². The molecule has 0 bridgehead atoms. The number of nitrogens with zero attached hydrogens (tertiary/aromatic N) is 3. The summed E-state index contributed by atoms with van der Waals surface area (Å²) in [6, 6.07) is 5.42. The molecule has 0 saturated heterocycles. The minimum atomic E-state index is -0.0126. The maximum atomic E-state index is 11.9. The molecule has 1 aromatic carbocycles. The van der Waals surface area contributed by atoms with E-state index in [-0.39, 0.29) is 5.91 Å². The maximum Gasteiger partial charge on any atom is 0.220 e. The van der Waals surface area contributed by atoms with Gasteiger partial charge >= 0.3 is 0 Å². The van der Waals surface area contributed by atoms with Crippen LogP contribution in [0, 0.1) is 0 Å². The van der Waals surface area contributed by atoms with Crippen LogP contribution < -0.4 is 5.32 Å². The molecule has 0 fully saturated rings. The molecule has 7 heteroatoms. The van der Waals surface area contributed by atoms with Crippen LogP contribution in [0.3, 0.4) is 0 Å². The average Bonchev–Trinajstić information content (AvgIpc) is 3.10. The van der Waals surface area contributed by atoms with Gasteiger partial charge in [-0.1, -0.05) is 29.3 Å². The highest BCUT2D eigenvalue weighted by atomic mass is 35.5. The van der Waals surface area contributed by atoms with Crippen LogP contribution in [0.1, 0.15) is 30.1 Å². The Morgan fingerprint density at radius 1 is 1.27 bits per heavy atom. The first-order valence-corrected chi connectivity index (χ1v) is 8.00. The Hall–Kier alpha value is -1.59. The number of aromatic nitrogens is 3. The number of hydrogen-bond acceptors (Lipinski definition) is 3. The molecule has 0 atom stereocenters. The lowest BCUT2D eigenvalue weighted by molar-refractivity contribution is -0.121. The van der Waals surface area contributed by atoms with Crippen molar-refractivity contribution in [2.45, 2.75) is 38.8 Å². The van der Waals surface area contributed by atoms with Gasteiger partial charge in [0.15, 0.2) is 5.82 Å². The lowest BCUT2D eigenvalue weighted by atomic mass is 10.1. The van der Waals surface area contributed by atoms with Crippen LogP contribution in [0.25, 0.3) is 0 Å². The lowest BCUT2D eigenvalue weighted by Crippen LogP contribution is -2.24. The van der Waals surface area contributed by atoms with Crippen LogP contribution in [0.4, 0.5) is 0 Å². The zero-order valence-corrected chi connectivity index (χ0v) is 13.5. The third-order valence-corrected chi connectivity index (χ3v) is 4.49. The normalized spacial score (nSPS) is 13.2. The Morgan fingerprint density at radius 2 is 2.14 bits per heavy atom. The van der Waals surface area contributed by atoms with Crippen molar-refractivity contribution >= 4 is 29.1 Å². The number of fused-ring (bicyclic) bond motifs is 1. The Morgan fingerprint density at radius 3 is 2.95 bits per heavy atom. The van der Waals surface area contributed by atoms with Crippen LogP contribution >= 0.6 is 23.2 Å². The molecule has 1 aliphatic rings. The lowest BCUT2D eigenvalue weighted by Gasteiger charge is -2.06. The molecule has 1 N–H and O–H groups in total. The summed E-state index contributed by atoms with van der Waals surface area (Å²) in [5.74, 6) is 1.83. The number of rotatable bonds is 5. The molecule has 1 aliphatic heterocycles. The molecule has 0 unspecified atom stereocenters. The molecule has 1 amide bonds. The highest BCUT2D eigenvalue weighted by Crippen LogP contribution is 2.23. The summed E-state index contributed by atoms with van der Waals surface area (Å²) >= 11 is 11.8. The number of benzene rings is 1. The summed E-state index contributed by atoms with van der Waals surface area (Å²) in [5, 5.41) is 12.2. The van der Waals surface area contributed by atoms with Crippen LogP contribution in [0.15, 0.2) is 18.2 Å². The van der Waals surface area contributed by atoms with Crippen molar-refractivity contribution in [3.8, 4) is 0 Å². The van der Waals surface area contributed by atoms with Gasteiger partial charge in [0.1, 0.15) is 5.82 Å². The minimum absolute atomic E-state index is 0.0126. The number of amides is 1. The van der Waals surface area contributed by atoms with Crippen molar-refractivity contribution in [1.29, 1.82) is 0 Å². The van der Waals surface area contributed by atoms with Crippen LogP contribution in [0.2, 0.25) is 10.0 Å². The van der Waals surface area contributed by atoms with E-state index in [4.69, 9.17) is 23.2 Å². The van der Waals surface area contributed by atoms with Gasteiger partial charge in [0.25, 0.3) is 0 Å². The monoisotopic (exact) mass is 338 g/mol. The second-order valence-electron chi connectivity index (χ2n) is 5.31. The fourth-order valence-corrected chi connectivity index (χ4v) is 2.88. The van der Waals surface area contributed by atoms with Gasteiger partial charge in [-0.05, 0) is 30.5 Å². The molecule has 22 heavy (non-hydrogen) atoms. The van der Waals surface area contributed by atoms with Gasteiger partial charge in [-0.3, -0.25) is 4.79 Å². The molecule has 3 rings (SSSR count). The Labute approximate surface area is 138 Å². The van der Waals surface area contributed by atoms with Gasteiger partial charge in [0, 0.05) is 19.4 Å². The molecule has 0 aliphatic carbocycles. The summed E-state index contributed by atoms with van der Waals surface area (Å²) in [6.45, 7) is 1.37. The third-order valence-electron chi connectivity index (χ3n) is 3.75.